The summed E-state index contributed by atoms with van der Waals surface area (Å²) in [6.07, 6.45) is 3.08. The smallest absolute Gasteiger partial charge is 0.328 e. The van der Waals surface area contributed by atoms with Crippen LogP contribution in [0.25, 0.3) is 0 Å². The number of furan rings is 1. The van der Waals surface area contributed by atoms with Crippen LogP contribution in [0.2, 0.25) is 0 Å². The van der Waals surface area contributed by atoms with Crippen LogP contribution in [-0.4, -0.2) is 15.3 Å². The summed E-state index contributed by atoms with van der Waals surface area (Å²) in [5, 5.41) is 0. The number of Topliss-reactive ketones (excluding diaryl/α,β-unsaturated/α-hetero) is 1. The van der Waals surface area contributed by atoms with E-state index in [1.807, 2.05) is 0 Å². The maximum atomic E-state index is 12.1. The van der Waals surface area contributed by atoms with Crippen LogP contribution in [0.1, 0.15) is 36.0 Å². The normalized spacial score (nSPS) is 12.3. The number of rotatable bonds is 4. The first-order chi connectivity index (χ1) is 9.00. The predicted octanol–water partition coefficient (Wildman–Crippen LogP) is 1.14. The molecule has 6 heteroatoms. The maximum absolute atomic E-state index is 12.1. The number of hydrogen-bond donors (Lipinski definition) is 1. The van der Waals surface area contributed by atoms with Crippen LogP contribution < -0.4 is 11.2 Å². The summed E-state index contributed by atoms with van der Waals surface area (Å²) < 4.78 is 6.23. The van der Waals surface area contributed by atoms with Crippen molar-refractivity contribution in [2.75, 3.05) is 0 Å². The molecule has 1 atom stereocenters. The number of carbonyl (C=O) groups is 1. The van der Waals surface area contributed by atoms with Crippen molar-refractivity contribution in [2.45, 2.75) is 26.3 Å². The number of nitrogens with one attached hydrogen (secondary N) is 1. The Morgan fingerprint density at radius 3 is 2.79 bits per heavy atom. The van der Waals surface area contributed by atoms with Gasteiger partial charge >= 0.3 is 5.69 Å². The molecule has 0 aliphatic heterocycles. The molecular formula is C13H14N2O4. The van der Waals surface area contributed by atoms with Gasteiger partial charge in [-0.2, -0.15) is 0 Å². The van der Waals surface area contributed by atoms with Gasteiger partial charge in [-0.25, -0.2) is 4.79 Å². The van der Waals surface area contributed by atoms with Crippen molar-refractivity contribution in [1.29, 1.82) is 0 Å². The molecule has 1 unspecified atom stereocenters. The fourth-order valence-corrected chi connectivity index (χ4v) is 1.95. The molecule has 2 aromatic heterocycles. The number of nitrogens with zero attached hydrogens (tertiary/aromatic N) is 1. The van der Waals surface area contributed by atoms with E-state index in [1.165, 1.54) is 13.2 Å². The van der Waals surface area contributed by atoms with Crippen molar-refractivity contribution in [3.63, 3.8) is 0 Å². The Balaban J connectivity index is 2.44. The molecule has 0 fully saturated rings. The van der Waals surface area contributed by atoms with Crippen LogP contribution in [0.5, 0.6) is 0 Å². The fourth-order valence-electron chi connectivity index (χ4n) is 1.95. The van der Waals surface area contributed by atoms with Crippen LogP contribution in [0, 0.1) is 0 Å². The first-order valence-corrected chi connectivity index (χ1v) is 5.88. The molecule has 0 saturated carbocycles. The zero-order valence-electron chi connectivity index (χ0n) is 10.7. The van der Waals surface area contributed by atoms with Gasteiger partial charge in [0.2, 0.25) is 0 Å². The van der Waals surface area contributed by atoms with Crippen molar-refractivity contribution >= 4 is 5.78 Å². The first-order valence-electron chi connectivity index (χ1n) is 5.88. The van der Waals surface area contributed by atoms with E-state index < -0.39 is 17.3 Å². The minimum atomic E-state index is -0.574. The van der Waals surface area contributed by atoms with E-state index in [2.05, 4.69) is 4.98 Å². The highest BCUT2D eigenvalue weighted by Gasteiger charge is 2.16. The molecule has 100 valence electrons. The number of hydrogen-bond acceptors (Lipinski definition) is 4. The lowest BCUT2D eigenvalue weighted by atomic mass is 10.2. The van der Waals surface area contributed by atoms with Gasteiger partial charge in [0.15, 0.2) is 5.78 Å². The lowest BCUT2D eigenvalue weighted by Crippen LogP contribution is -2.40. The highest BCUT2D eigenvalue weighted by atomic mass is 16.3. The third-order valence-corrected chi connectivity index (χ3v) is 2.90. The zero-order chi connectivity index (χ0) is 14.0. The number of ketones is 1. The molecule has 0 aromatic carbocycles. The van der Waals surface area contributed by atoms with Gasteiger partial charge in [-0.15, -0.1) is 0 Å². The monoisotopic (exact) mass is 262 g/mol. The molecule has 6 nitrogen and oxygen atoms in total. The van der Waals surface area contributed by atoms with Crippen LogP contribution in [0.15, 0.2) is 38.6 Å². The van der Waals surface area contributed by atoms with E-state index in [0.29, 0.717) is 12.2 Å². The second-order valence-electron chi connectivity index (χ2n) is 4.37. The molecule has 19 heavy (non-hydrogen) atoms. The van der Waals surface area contributed by atoms with Gasteiger partial charge in [-0.3, -0.25) is 14.2 Å². The van der Waals surface area contributed by atoms with E-state index in [0.717, 1.165) is 10.8 Å². The van der Waals surface area contributed by atoms with Gasteiger partial charge < -0.3 is 9.40 Å². The van der Waals surface area contributed by atoms with E-state index in [9.17, 15) is 14.4 Å². The molecule has 0 aliphatic rings. The average molecular weight is 262 g/mol. The predicted molar refractivity (Wildman–Crippen MR) is 68.5 cm³/mol. The summed E-state index contributed by atoms with van der Waals surface area (Å²) in [5.74, 6) is 0.298. The largest absolute Gasteiger partial charge is 0.469 e. The van der Waals surface area contributed by atoms with Crippen LogP contribution >= 0.6 is 0 Å². The highest BCUT2D eigenvalue weighted by Crippen LogP contribution is 2.11. The molecule has 0 spiro atoms. The Kier molecular flexibility index (Phi) is 3.50. The average Bonchev–Trinajstić information content (AvgIpc) is 2.81. The van der Waals surface area contributed by atoms with E-state index in [-0.39, 0.29) is 11.3 Å². The molecular weight excluding hydrogens is 248 g/mol. The van der Waals surface area contributed by atoms with Gasteiger partial charge in [0, 0.05) is 18.7 Å². The number of carbonyl (C=O) groups excluding carboxylic acids is 1. The minimum absolute atomic E-state index is 0.0223. The Morgan fingerprint density at radius 1 is 1.47 bits per heavy atom. The van der Waals surface area contributed by atoms with Crippen molar-refractivity contribution in [1.82, 2.24) is 9.55 Å². The molecule has 0 bridgehead atoms. The third kappa shape index (κ3) is 2.57. The summed E-state index contributed by atoms with van der Waals surface area (Å²) in [6, 6.07) is 3.10. The molecule has 0 amide bonds. The Labute approximate surface area is 108 Å². The quantitative estimate of drug-likeness (QED) is 0.837. The number of aromatic amines is 1. The molecule has 0 radical (unpaired) electrons. The van der Waals surface area contributed by atoms with Crippen molar-refractivity contribution in [3.8, 4) is 0 Å². The van der Waals surface area contributed by atoms with Gasteiger partial charge in [0.05, 0.1) is 11.8 Å². The summed E-state index contributed by atoms with van der Waals surface area (Å²) in [4.78, 5) is 37.6. The summed E-state index contributed by atoms with van der Waals surface area (Å²) in [5.41, 5.74) is -1.13. The van der Waals surface area contributed by atoms with Crippen LogP contribution in [0.4, 0.5) is 0 Å². The third-order valence-electron chi connectivity index (χ3n) is 2.90. The maximum Gasteiger partial charge on any atom is 0.328 e. The van der Waals surface area contributed by atoms with Crippen molar-refractivity contribution in [2.24, 2.45) is 0 Å². The summed E-state index contributed by atoms with van der Waals surface area (Å²) in [6.45, 7) is 3.01. The second-order valence-corrected chi connectivity index (χ2v) is 4.37. The molecule has 0 aliphatic carbocycles. The molecule has 2 rings (SSSR count). The second kappa shape index (κ2) is 5.09. The Hall–Kier alpha value is -2.37. The zero-order valence-corrected chi connectivity index (χ0v) is 10.7. The lowest BCUT2D eigenvalue weighted by molar-refractivity contribution is 0.101. The van der Waals surface area contributed by atoms with E-state index >= 15 is 0 Å². The SMILES string of the molecule is CC(=O)c1c[nH]c(=O)n(C(C)Cc2ccco2)c1=O. The fraction of sp³-hybridized carbons (Fsp3) is 0.308. The van der Waals surface area contributed by atoms with E-state index in [4.69, 9.17) is 4.42 Å². The van der Waals surface area contributed by atoms with Crippen molar-refractivity contribution < 1.29 is 9.21 Å². The first kappa shape index (κ1) is 13.1. The van der Waals surface area contributed by atoms with Crippen LogP contribution in [0.3, 0.4) is 0 Å². The molecule has 1 N–H and O–H groups in total. The van der Waals surface area contributed by atoms with Gasteiger partial charge in [-0.1, -0.05) is 0 Å². The van der Waals surface area contributed by atoms with Gasteiger partial charge in [0.1, 0.15) is 5.76 Å². The molecule has 2 heterocycles. The Morgan fingerprint density at radius 2 is 2.21 bits per heavy atom. The van der Waals surface area contributed by atoms with Gasteiger partial charge in [-0.05, 0) is 26.0 Å². The van der Waals surface area contributed by atoms with E-state index in [1.54, 1.807) is 19.1 Å². The molecule has 2 aromatic rings. The minimum Gasteiger partial charge on any atom is -0.469 e. The highest BCUT2D eigenvalue weighted by molar-refractivity contribution is 5.93. The van der Waals surface area contributed by atoms with Gasteiger partial charge in [0.25, 0.3) is 5.56 Å². The lowest BCUT2D eigenvalue weighted by Gasteiger charge is -2.13. The number of aromatic nitrogens is 2. The summed E-state index contributed by atoms with van der Waals surface area (Å²) >= 11 is 0. The topological polar surface area (TPSA) is 85.1 Å². The van der Waals surface area contributed by atoms with Crippen molar-refractivity contribution in [3.05, 3.63) is 56.8 Å². The van der Waals surface area contributed by atoms with Crippen LogP contribution in [-0.2, 0) is 6.42 Å². The standard InChI is InChI=1S/C13H14N2O4/c1-8(6-10-4-3-5-19-10)15-12(17)11(9(2)16)7-14-13(15)18/h3-5,7-8H,6H2,1-2H3,(H,14,18). The summed E-state index contributed by atoms with van der Waals surface area (Å²) in [7, 11) is 0. The number of H-pyrrole nitrogens is 1. The Bertz CT molecular complexity index is 694. The molecule has 0 saturated heterocycles.